The van der Waals surface area contributed by atoms with Crippen molar-refractivity contribution >= 4 is 11.6 Å². The molecule has 1 N–H and O–H groups in total. The van der Waals surface area contributed by atoms with E-state index in [0.717, 1.165) is 11.3 Å². The van der Waals surface area contributed by atoms with Crippen LogP contribution in [0.5, 0.6) is 0 Å². The molecule has 0 saturated heterocycles. The van der Waals surface area contributed by atoms with E-state index in [2.05, 4.69) is 16.3 Å². The predicted octanol–water partition coefficient (Wildman–Crippen LogP) is 2.27. The molecular weight excluding hydrogens is 238 g/mol. The number of hydrogen-bond acceptors (Lipinski definition) is 2. The van der Waals surface area contributed by atoms with Crippen molar-refractivity contribution in [3.05, 3.63) is 46.8 Å². The smallest absolute Gasteiger partial charge is 0.259 e. The number of anilines is 1. The molecule has 0 aliphatic rings. The molecule has 2 rings (SSSR count). The predicted molar refractivity (Wildman–Crippen MR) is 75.0 cm³/mol. The quantitative estimate of drug-likeness (QED) is 0.835. The Balaban J connectivity index is 2.28. The first-order valence-corrected chi connectivity index (χ1v) is 5.91. The van der Waals surface area contributed by atoms with Crippen molar-refractivity contribution in [1.29, 1.82) is 0 Å². The van der Waals surface area contributed by atoms with Gasteiger partial charge in [-0.2, -0.15) is 5.10 Å². The highest BCUT2D eigenvalue weighted by molar-refractivity contribution is 6.05. The summed E-state index contributed by atoms with van der Waals surface area (Å²) in [6.07, 6.45) is 5.34. The number of carbonyl (C=O) groups is 1. The monoisotopic (exact) mass is 253 g/mol. The largest absolute Gasteiger partial charge is 0.322 e. The Labute approximate surface area is 112 Å². The lowest BCUT2D eigenvalue weighted by Crippen LogP contribution is -2.14. The molecule has 0 unspecified atom stereocenters. The Kier molecular flexibility index (Phi) is 3.39. The van der Waals surface area contributed by atoms with Gasteiger partial charge in [-0.1, -0.05) is 12.0 Å². The number of carbonyl (C=O) groups excluding carboxylic acids is 1. The fourth-order valence-corrected chi connectivity index (χ4v) is 1.98. The number of benzene rings is 1. The Morgan fingerprint density at radius 3 is 2.74 bits per heavy atom. The molecule has 0 bridgehead atoms. The van der Waals surface area contributed by atoms with Crippen molar-refractivity contribution in [2.24, 2.45) is 7.05 Å². The summed E-state index contributed by atoms with van der Waals surface area (Å²) in [4.78, 5) is 12.3. The third-order valence-corrected chi connectivity index (χ3v) is 3.02. The van der Waals surface area contributed by atoms with Gasteiger partial charge in [0.15, 0.2) is 0 Å². The van der Waals surface area contributed by atoms with E-state index in [9.17, 15) is 4.79 Å². The Bertz CT molecular complexity index is 677. The lowest BCUT2D eigenvalue weighted by molar-refractivity contribution is 0.102. The highest BCUT2D eigenvalue weighted by Crippen LogP contribution is 2.16. The van der Waals surface area contributed by atoms with Crippen LogP contribution in [-0.4, -0.2) is 15.7 Å². The molecule has 4 heteroatoms. The van der Waals surface area contributed by atoms with Crippen molar-refractivity contribution in [2.75, 3.05) is 5.32 Å². The van der Waals surface area contributed by atoms with Gasteiger partial charge in [-0.25, -0.2) is 0 Å². The van der Waals surface area contributed by atoms with Crippen molar-refractivity contribution < 1.29 is 4.79 Å². The van der Waals surface area contributed by atoms with Gasteiger partial charge in [0.05, 0.1) is 11.3 Å². The molecule has 0 aliphatic heterocycles. The zero-order chi connectivity index (χ0) is 14.0. The second-order valence-electron chi connectivity index (χ2n) is 4.35. The molecule has 0 atom stereocenters. The molecule has 0 spiro atoms. The summed E-state index contributed by atoms with van der Waals surface area (Å²) in [5.41, 5.74) is 3.57. The zero-order valence-corrected chi connectivity index (χ0v) is 11.2. The van der Waals surface area contributed by atoms with Crippen LogP contribution in [0.4, 0.5) is 5.69 Å². The van der Waals surface area contributed by atoms with Gasteiger partial charge in [-0.15, -0.1) is 6.42 Å². The molecule has 0 radical (unpaired) electrons. The molecule has 1 amide bonds. The Morgan fingerprint density at radius 2 is 2.16 bits per heavy atom. The molecule has 2 aromatic rings. The number of nitrogens with one attached hydrogen (secondary N) is 1. The number of amides is 1. The summed E-state index contributed by atoms with van der Waals surface area (Å²) in [6.45, 7) is 3.69. The summed E-state index contributed by atoms with van der Waals surface area (Å²) in [7, 11) is 1.82. The minimum Gasteiger partial charge on any atom is -0.322 e. The van der Waals surface area contributed by atoms with Crippen LogP contribution in [0.2, 0.25) is 0 Å². The maximum Gasteiger partial charge on any atom is 0.259 e. The highest BCUT2D eigenvalue weighted by atomic mass is 16.1. The first-order valence-electron chi connectivity index (χ1n) is 5.91. The Hall–Kier alpha value is -2.54. The maximum absolute atomic E-state index is 12.3. The zero-order valence-electron chi connectivity index (χ0n) is 11.2. The van der Waals surface area contributed by atoms with Crippen LogP contribution < -0.4 is 5.32 Å². The second kappa shape index (κ2) is 4.99. The molecule has 1 aromatic heterocycles. The number of hydrogen-bond donors (Lipinski definition) is 1. The van der Waals surface area contributed by atoms with E-state index < -0.39 is 0 Å². The van der Waals surface area contributed by atoms with E-state index in [4.69, 9.17) is 6.42 Å². The van der Waals surface area contributed by atoms with Crippen LogP contribution >= 0.6 is 0 Å². The molecule has 4 nitrogen and oxygen atoms in total. The van der Waals surface area contributed by atoms with Crippen molar-refractivity contribution in [2.45, 2.75) is 13.8 Å². The van der Waals surface area contributed by atoms with E-state index in [1.165, 1.54) is 0 Å². The number of rotatable bonds is 2. The number of aryl methyl sites for hydroxylation is 2. The van der Waals surface area contributed by atoms with E-state index in [1.807, 2.05) is 33.0 Å². The van der Waals surface area contributed by atoms with E-state index >= 15 is 0 Å². The fourth-order valence-electron chi connectivity index (χ4n) is 1.98. The maximum atomic E-state index is 12.3. The first-order chi connectivity index (χ1) is 9.02. The molecule has 19 heavy (non-hydrogen) atoms. The molecule has 96 valence electrons. The minimum atomic E-state index is -0.169. The van der Waals surface area contributed by atoms with Gasteiger partial charge in [0.25, 0.3) is 5.91 Å². The Morgan fingerprint density at radius 1 is 1.42 bits per heavy atom. The summed E-state index contributed by atoms with van der Waals surface area (Å²) in [5.74, 6) is 2.37. The van der Waals surface area contributed by atoms with Gasteiger partial charge in [-0.3, -0.25) is 9.48 Å². The number of aromatic nitrogens is 2. The lowest BCUT2D eigenvalue weighted by Gasteiger charge is -2.06. The summed E-state index contributed by atoms with van der Waals surface area (Å²) in [6, 6.07) is 7.20. The van der Waals surface area contributed by atoms with E-state index in [0.29, 0.717) is 16.9 Å². The third-order valence-electron chi connectivity index (χ3n) is 3.02. The average Bonchev–Trinajstić information content (AvgIpc) is 2.63. The van der Waals surface area contributed by atoms with Gasteiger partial charge in [-0.05, 0) is 32.0 Å². The lowest BCUT2D eigenvalue weighted by atomic mass is 10.1. The molecule has 0 aliphatic carbocycles. The number of nitrogens with zero attached hydrogens (tertiary/aromatic N) is 2. The molecule has 0 fully saturated rings. The van der Waals surface area contributed by atoms with E-state index in [1.54, 1.807) is 16.8 Å². The SMILES string of the molecule is C#Cc1cccc(NC(=O)c2c(C)nn(C)c2C)c1. The second-order valence-corrected chi connectivity index (χ2v) is 4.35. The summed E-state index contributed by atoms with van der Waals surface area (Å²) in [5, 5.41) is 7.07. The van der Waals surface area contributed by atoms with Crippen LogP contribution in [-0.2, 0) is 7.05 Å². The van der Waals surface area contributed by atoms with Crippen LogP contribution in [0.1, 0.15) is 27.3 Å². The van der Waals surface area contributed by atoms with Gasteiger partial charge >= 0.3 is 0 Å². The topological polar surface area (TPSA) is 46.9 Å². The average molecular weight is 253 g/mol. The molecule has 1 aromatic carbocycles. The van der Waals surface area contributed by atoms with Crippen LogP contribution in [0.25, 0.3) is 0 Å². The molecule has 1 heterocycles. The fraction of sp³-hybridized carbons (Fsp3) is 0.200. The minimum absolute atomic E-state index is 0.169. The van der Waals surface area contributed by atoms with Gasteiger partial charge in [0.1, 0.15) is 0 Å². The highest BCUT2D eigenvalue weighted by Gasteiger charge is 2.17. The van der Waals surface area contributed by atoms with Crippen molar-refractivity contribution in [3.8, 4) is 12.3 Å². The first kappa shape index (κ1) is 12.9. The van der Waals surface area contributed by atoms with Crippen molar-refractivity contribution in [1.82, 2.24) is 9.78 Å². The van der Waals surface area contributed by atoms with Crippen molar-refractivity contribution in [3.63, 3.8) is 0 Å². The summed E-state index contributed by atoms with van der Waals surface area (Å²) < 4.78 is 1.70. The molecular formula is C15H15N3O. The third kappa shape index (κ3) is 2.50. The van der Waals surface area contributed by atoms with Gasteiger partial charge in [0.2, 0.25) is 0 Å². The number of terminal acetylenes is 1. The van der Waals surface area contributed by atoms with Gasteiger partial charge in [0, 0.05) is 24.0 Å². The van der Waals surface area contributed by atoms with Crippen LogP contribution in [0.3, 0.4) is 0 Å². The van der Waals surface area contributed by atoms with E-state index in [-0.39, 0.29) is 5.91 Å². The van der Waals surface area contributed by atoms with Crippen LogP contribution in [0, 0.1) is 26.2 Å². The molecule has 0 saturated carbocycles. The van der Waals surface area contributed by atoms with Crippen LogP contribution in [0.15, 0.2) is 24.3 Å². The standard InChI is InChI=1S/C15H15N3O/c1-5-12-7-6-8-13(9-12)16-15(19)14-10(2)17-18(4)11(14)3/h1,6-9H,2-4H3,(H,16,19). The normalized spacial score (nSPS) is 10.0. The van der Waals surface area contributed by atoms with Gasteiger partial charge < -0.3 is 5.32 Å². The summed E-state index contributed by atoms with van der Waals surface area (Å²) >= 11 is 0.